The van der Waals surface area contributed by atoms with E-state index in [-0.39, 0.29) is 0 Å². The molecule has 74 valence electrons. The quantitative estimate of drug-likeness (QED) is 0.615. The highest BCUT2D eigenvalue weighted by Crippen LogP contribution is 2.05. The Labute approximate surface area is 81.0 Å². The topological polar surface area (TPSA) is 17.8 Å². The molecular weight excluding hydrogens is 160 g/mol. The van der Waals surface area contributed by atoms with Gasteiger partial charge in [-0.25, -0.2) is 4.98 Å². The molecule has 2 heteroatoms. The van der Waals surface area contributed by atoms with Gasteiger partial charge in [-0.1, -0.05) is 32.6 Å². The summed E-state index contributed by atoms with van der Waals surface area (Å²) in [5.41, 5.74) is 0. The summed E-state index contributed by atoms with van der Waals surface area (Å²) in [6.07, 6.45) is 10.7. The average Bonchev–Trinajstić information content (AvgIpc) is 2.52. The van der Waals surface area contributed by atoms with E-state index >= 15 is 0 Å². The number of imidazole rings is 1. The highest BCUT2D eigenvalue weighted by molar-refractivity contribution is 4.87. The molecule has 0 amide bonds. The maximum atomic E-state index is 4.19. The molecule has 0 atom stereocenters. The maximum Gasteiger partial charge on any atom is 0.105 e. The molecule has 2 nitrogen and oxygen atoms in total. The Morgan fingerprint density at radius 1 is 1.23 bits per heavy atom. The first-order chi connectivity index (χ1) is 6.34. The number of nitrogens with zero attached hydrogens (tertiary/aromatic N) is 2. The standard InChI is InChI=1S/C11H20N2/c1-3-4-5-6-7-9-13-10-8-12-11(13)2/h8,10H,3-7,9H2,1-2H3. The summed E-state index contributed by atoms with van der Waals surface area (Å²) in [7, 11) is 0. The summed E-state index contributed by atoms with van der Waals surface area (Å²) in [5, 5.41) is 0. The second-order valence-corrected chi connectivity index (χ2v) is 3.58. The largest absolute Gasteiger partial charge is 0.335 e. The van der Waals surface area contributed by atoms with Gasteiger partial charge < -0.3 is 4.57 Å². The number of hydrogen-bond donors (Lipinski definition) is 0. The lowest BCUT2D eigenvalue weighted by Gasteiger charge is -2.03. The Morgan fingerprint density at radius 3 is 2.62 bits per heavy atom. The Hall–Kier alpha value is -0.790. The number of rotatable bonds is 6. The van der Waals surface area contributed by atoms with Crippen molar-refractivity contribution in [2.45, 2.75) is 52.5 Å². The van der Waals surface area contributed by atoms with Crippen LogP contribution in [0.15, 0.2) is 12.4 Å². The summed E-state index contributed by atoms with van der Waals surface area (Å²) in [4.78, 5) is 4.19. The van der Waals surface area contributed by atoms with Gasteiger partial charge in [-0.05, 0) is 13.3 Å². The predicted octanol–water partition coefficient (Wildman–Crippen LogP) is 3.16. The minimum Gasteiger partial charge on any atom is -0.335 e. The van der Waals surface area contributed by atoms with Crippen molar-refractivity contribution in [2.75, 3.05) is 0 Å². The van der Waals surface area contributed by atoms with Crippen LogP contribution >= 0.6 is 0 Å². The predicted molar refractivity (Wildman–Crippen MR) is 55.7 cm³/mol. The van der Waals surface area contributed by atoms with Crippen molar-refractivity contribution >= 4 is 0 Å². The number of unbranched alkanes of at least 4 members (excludes halogenated alkanes) is 4. The molecule has 0 saturated carbocycles. The van der Waals surface area contributed by atoms with Crippen molar-refractivity contribution in [3.63, 3.8) is 0 Å². The van der Waals surface area contributed by atoms with Crippen molar-refractivity contribution in [1.29, 1.82) is 0 Å². The molecule has 13 heavy (non-hydrogen) atoms. The van der Waals surface area contributed by atoms with Gasteiger partial charge in [0.15, 0.2) is 0 Å². The van der Waals surface area contributed by atoms with Gasteiger partial charge in [-0.2, -0.15) is 0 Å². The van der Waals surface area contributed by atoms with Crippen LogP contribution in [0.1, 0.15) is 44.9 Å². The fraction of sp³-hybridized carbons (Fsp3) is 0.727. The van der Waals surface area contributed by atoms with Crippen molar-refractivity contribution in [2.24, 2.45) is 0 Å². The van der Waals surface area contributed by atoms with Gasteiger partial charge in [0.2, 0.25) is 0 Å². The van der Waals surface area contributed by atoms with E-state index in [4.69, 9.17) is 0 Å². The van der Waals surface area contributed by atoms with Gasteiger partial charge in [-0.15, -0.1) is 0 Å². The molecule has 0 aliphatic heterocycles. The van der Waals surface area contributed by atoms with Crippen molar-refractivity contribution in [1.82, 2.24) is 9.55 Å². The number of hydrogen-bond acceptors (Lipinski definition) is 1. The summed E-state index contributed by atoms with van der Waals surface area (Å²) in [6.45, 7) is 5.45. The SMILES string of the molecule is CCCCCCCn1ccnc1C. The zero-order valence-electron chi connectivity index (χ0n) is 8.79. The van der Waals surface area contributed by atoms with Crippen LogP contribution in [0.4, 0.5) is 0 Å². The highest BCUT2D eigenvalue weighted by atomic mass is 15.0. The Kier molecular flexibility index (Phi) is 4.58. The van der Waals surface area contributed by atoms with E-state index in [0.717, 1.165) is 12.4 Å². The van der Waals surface area contributed by atoms with E-state index in [2.05, 4.69) is 29.6 Å². The molecule has 0 N–H and O–H groups in total. The van der Waals surface area contributed by atoms with Gasteiger partial charge >= 0.3 is 0 Å². The van der Waals surface area contributed by atoms with E-state index in [1.807, 2.05) is 6.20 Å². The zero-order valence-corrected chi connectivity index (χ0v) is 8.79. The van der Waals surface area contributed by atoms with Crippen LogP contribution < -0.4 is 0 Å². The van der Waals surface area contributed by atoms with Gasteiger partial charge in [-0.3, -0.25) is 0 Å². The van der Waals surface area contributed by atoms with Gasteiger partial charge in [0.25, 0.3) is 0 Å². The number of aromatic nitrogens is 2. The van der Waals surface area contributed by atoms with Gasteiger partial charge in [0.05, 0.1) is 0 Å². The Morgan fingerprint density at radius 2 is 2.00 bits per heavy atom. The van der Waals surface area contributed by atoms with E-state index in [1.54, 1.807) is 0 Å². The average molecular weight is 180 g/mol. The molecule has 0 fully saturated rings. The zero-order chi connectivity index (χ0) is 9.52. The van der Waals surface area contributed by atoms with E-state index in [0.29, 0.717) is 0 Å². The smallest absolute Gasteiger partial charge is 0.105 e. The van der Waals surface area contributed by atoms with E-state index in [9.17, 15) is 0 Å². The Bertz CT molecular complexity index is 228. The lowest BCUT2D eigenvalue weighted by atomic mass is 10.1. The molecule has 0 aromatic carbocycles. The summed E-state index contributed by atoms with van der Waals surface area (Å²) < 4.78 is 2.23. The van der Waals surface area contributed by atoms with Crippen molar-refractivity contribution in [3.8, 4) is 0 Å². The van der Waals surface area contributed by atoms with Crippen LogP contribution in [-0.4, -0.2) is 9.55 Å². The van der Waals surface area contributed by atoms with Crippen LogP contribution in [0.2, 0.25) is 0 Å². The normalized spacial score (nSPS) is 10.6. The molecular formula is C11H20N2. The van der Waals surface area contributed by atoms with Crippen molar-refractivity contribution < 1.29 is 0 Å². The van der Waals surface area contributed by atoms with Crippen LogP contribution in [-0.2, 0) is 6.54 Å². The third-order valence-corrected chi connectivity index (χ3v) is 2.43. The van der Waals surface area contributed by atoms with E-state index < -0.39 is 0 Å². The molecule has 0 aliphatic rings. The lowest BCUT2D eigenvalue weighted by Crippen LogP contribution is -1.98. The van der Waals surface area contributed by atoms with Crippen LogP contribution in [0.25, 0.3) is 0 Å². The summed E-state index contributed by atoms with van der Waals surface area (Å²) in [6, 6.07) is 0. The van der Waals surface area contributed by atoms with Crippen LogP contribution in [0.3, 0.4) is 0 Å². The molecule has 1 heterocycles. The second-order valence-electron chi connectivity index (χ2n) is 3.58. The molecule has 1 aromatic rings. The molecule has 0 unspecified atom stereocenters. The van der Waals surface area contributed by atoms with Crippen LogP contribution in [0.5, 0.6) is 0 Å². The Balaban J connectivity index is 2.10. The first-order valence-electron chi connectivity index (χ1n) is 5.32. The first kappa shape index (κ1) is 10.3. The molecule has 0 spiro atoms. The van der Waals surface area contributed by atoms with Crippen molar-refractivity contribution in [3.05, 3.63) is 18.2 Å². The molecule has 1 rings (SSSR count). The lowest BCUT2D eigenvalue weighted by molar-refractivity contribution is 0.560. The minimum absolute atomic E-state index is 1.13. The van der Waals surface area contributed by atoms with Gasteiger partial charge in [0.1, 0.15) is 5.82 Å². The monoisotopic (exact) mass is 180 g/mol. The molecule has 0 radical (unpaired) electrons. The summed E-state index contributed by atoms with van der Waals surface area (Å²) in [5.74, 6) is 1.13. The second kappa shape index (κ2) is 5.79. The van der Waals surface area contributed by atoms with Crippen LogP contribution in [0, 0.1) is 6.92 Å². The fourth-order valence-electron chi connectivity index (χ4n) is 1.53. The van der Waals surface area contributed by atoms with Gasteiger partial charge in [0, 0.05) is 18.9 Å². The molecule has 0 bridgehead atoms. The molecule has 0 aliphatic carbocycles. The first-order valence-corrected chi connectivity index (χ1v) is 5.32. The maximum absolute atomic E-state index is 4.19. The fourth-order valence-corrected chi connectivity index (χ4v) is 1.53. The summed E-state index contributed by atoms with van der Waals surface area (Å²) >= 11 is 0. The molecule has 0 saturated heterocycles. The third-order valence-electron chi connectivity index (χ3n) is 2.43. The van der Waals surface area contributed by atoms with E-state index in [1.165, 1.54) is 32.1 Å². The number of aryl methyl sites for hydroxylation is 2. The molecule has 1 aromatic heterocycles. The third kappa shape index (κ3) is 3.62. The highest BCUT2D eigenvalue weighted by Gasteiger charge is 1.95. The minimum atomic E-state index is 1.13.